The maximum absolute atomic E-state index is 11.3. The second kappa shape index (κ2) is 5.88. The van der Waals surface area contributed by atoms with Gasteiger partial charge in [0.2, 0.25) is 0 Å². The lowest BCUT2D eigenvalue weighted by Gasteiger charge is -2.15. The van der Waals surface area contributed by atoms with Crippen molar-refractivity contribution in [2.75, 3.05) is 32.1 Å². The predicted octanol–water partition coefficient (Wildman–Crippen LogP) is -2.04. The number of rotatable bonds is 6. The summed E-state index contributed by atoms with van der Waals surface area (Å²) in [5.74, 6) is 5.41. The summed E-state index contributed by atoms with van der Waals surface area (Å²) in [5, 5.41) is 16.5. The maximum atomic E-state index is 11.3. The number of nitrogens with one attached hydrogen (secondary N) is 2. The van der Waals surface area contributed by atoms with Crippen LogP contribution in [0.1, 0.15) is 0 Å². The summed E-state index contributed by atoms with van der Waals surface area (Å²) < 4.78 is 4.78. The van der Waals surface area contributed by atoms with Gasteiger partial charge in [0.1, 0.15) is 0 Å². The van der Waals surface area contributed by atoms with E-state index in [0.717, 1.165) is 5.01 Å². The first-order chi connectivity index (χ1) is 7.24. The fraction of sp³-hybridized carbons (Fsp3) is 0.667. The molecule has 0 aliphatic carbocycles. The maximum Gasteiger partial charge on any atom is 0.263 e. The van der Waals surface area contributed by atoms with Gasteiger partial charge in [-0.2, -0.15) is 5.21 Å². The number of anilines is 1. The zero-order chi connectivity index (χ0) is 11.1. The summed E-state index contributed by atoms with van der Waals surface area (Å²) in [7, 11) is 1.54. The van der Waals surface area contributed by atoms with E-state index in [1.54, 1.807) is 0 Å². The SMILES string of the molecule is COCCN(N)C(=O)CNc1nn[nH]n1. The number of ether oxygens (including phenoxy) is 1. The number of amides is 1. The van der Waals surface area contributed by atoms with Crippen LogP contribution in [0.4, 0.5) is 5.95 Å². The number of tetrazole rings is 1. The molecule has 0 bridgehead atoms. The van der Waals surface area contributed by atoms with E-state index < -0.39 is 0 Å². The van der Waals surface area contributed by atoms with Crippen LogP contribution in [0.5, 0.6) is 0 Å². The van der Waals surface area contributed by atoms with Crippen molar-refractivity contribution in [2.45, 2.75) is 0 Å². The van der Waals surface area contributed by atoms with Crippen LogP contribution in [-0.4, -0.2) is 58.3 Å². The van der Waals surface area contributed by atoms with Gasteiger partial charge in [0.05, 0.1) is 19.7 Å². The van der Waals surface area contributed by atoms with Gasteiger partial charge < -0.3 is 10.1 Å². The number of carbonyl (C=O) groups excluding carboxylic acids is 1. The minimum atomic E-state index is -0.281. The molecule has 0 saturated carbocycles. The molecule has 1 aromatic rings. The minimum absolute atomic E-state index is 0.0136. The monoisotopic (exact) mass is 215 g/mol. The molecule has 0 aliphatic heterocycles. The normalized spacial score (nSPS) is 10.0. The van der Waals surface area contributed by atoms with Crippen molar-refractivity contribution < 1.29 is 9.53 Å². The molecular formula is C6H13N7O2. The van der Waals surface area contributed by atoms with Crippen molar-refractivity contribution in [1.82, 2.24) is 25.6 Å². The fourth-order valence-electron chi connectivity index (χ4n) is 0.807. The molecule has 0 unspecified atom stereocenters. The number of nitrogens with zero attached hydrogens (tertiary/aromatic N) is 4. The van der Waals surface area contributed by atoms with Gasteiger partial charge in [-0.15, -0.1) is 5.10 Å². The highest BCUT2D eigenvalue weighted by molar-refractivity contribution is 5.79. The minimum Gasteiger partial charge on any atom is -0.383 e. The molecule has 1 rings (SSSR count). The highest BCUT2D eigenvalue weighted by atomic mass is 16.5. The number of H-pyrrole nitrogens is 1. The quantitative estimate of drug-likeness (QED) is 0.284. The van der Waals surface area contributed by atoms with E-state index in [1.807, 2.05) is 0 Å². The Balaban J connectivity index is 2.23. The zero-order valence-electron chi connectivity index (χ0n) is 8.30. The number of nitrogens with two attached hydrogens (primary N) is 1. The molecule has 1 heterocycles. The molecule has 84 valence electrons. The summed E-state index contributed by atoms with van der Waals surface area (Å²) in [6.45, 7) is 0.744. The molecule has 4 N–H and O–H groups in total. The molecular weight excluding hydrogens is 202 g/mol. The second-order valence-electron chi connectivity index (χ2n) is 2.67. The van der Waals surface area contributed by atoms with Crippen molar-refractivity contribution in [3.8, 4) is 0 Å². The van der Waals surface area contributed by atoms with Crippen molar-refractivity contribution in [3.63, 3.8) is 0 Å². The van der Waals surface area contributed by atoms with Gasteiger partial charge in [-0.25, -0.2) is 5.84 Å². The zero-order valence-corrected chi connectivity index (χ0v) is 8.30. The number of hydrogen-bond acceptors (Lipinski definition) is 7. The number of aromatic nitrogens is 4. The van der Waals surface area contributed by atoms with Crippen LogP contribution in [0.2, 0.25) is 0 Å². The molecule has 0 fully saturated rings. The second-order valence-corrected chi connectivity index (χ2v) is 2.67. The predicted molar refractivity (Wildman–Crippen MR) is 50.4 cm³/mol. The highest BCUT2D eigenvalue weighted by Gasteiger charge is 2.09. The number of carbonyl (C=O) groups is 1. The molecule has 0 spiro atoms. The first kappa shape index (κ1) is 11.3. The molecule has 0 radical (unpaired) electrons. The third-order valence-electron chi connectivity index (χ3n) is 1.60. The lowest BCUT2D eigenvalue weighted by molar-refractivity contribution is -0.130. The average molecular weight is 215 g/mol. The van der Waals surface area contributed by atoms with E-state index in [0.29, 0.717) is 13.2 Å². The number of aromatic amines is 1. The van der Waals surface area contributed by atoms with Gasteiger partial charge in [-0.1, -0.05) is 5.10 Å². The Labute approximate surface area is 85.9 Å². The van der Waals surface area contributed by atoms with E-state index in [-0.39, 0.29) is 18.4 Å². The van der Waals surface area contributed by atoms with Gasteiger partial charge in [0.25, 0.3) is 11.9 Å². The lowest BCUT2D eigenvalue weighted by Crippen LogP contribution is -2.42. The fourth-order valence-corrected chi connectivity index (χ4v) is 0.807. The van der Waals surface area contributed by atoms with Gasteiger partial charge in [-0.05, 0) is 5.21 Å². The Morgan fingerprint density at radius 3 is 3.13 bits per heavy atom. The largest absolute Gasteiger partial charge is 0.383 e. The Morgan fingerprint density at radius 2 is 2.53 bits per heavy atom. The van der Waals surface area contributed by atoms with Crippen LogP contribution in [0.25, 0.3) is 0 Å². The van der Waals surface area contributed by atoms with Crippen molar-refractivity contribution in [3.05, 3.63) is 0 Å². The van der Waals surface area contributed by atoms with E-state index in [4.69, 9.17) is 10.6 Å². The third kappa shape index (κ3) is 3.87. The van der Waals surface area contributed by atoms with Crippen LogP contribution < -0.4 is 11.2 Å². The van der Waals surface area contributed by atoms with E-state index in [9.17, 15) is 4.79 Å². The summed E-state index contributed by atoms with van der Waals surface area (Å²) in [4.78, 5) is 11.3. The molecule has 0 aromatic carbocycles. The van der Waals surface area contributed by atoms with Crippen LogP contribution in [0, 0.1) is 0 Å². The number of hydrazine groups is 1. The summed E-state index contributed by atoms with van der Waals surface area (Å²) in [5.41, 5.74) is 0. The molecule has 0 atom stereocenters. The van der Waals surface area contributed by atoms with Crippen molar-refractivity contribution in [1.29, 1.82) is 0 Å². The first-order valence-corrected chi connectivity index (χ1v) is 4.25. The Kier molecular flexibility index (Phi) is 4.44. The number of hydrogen-bond donors (Lipinski definition) is 3. The lowest BCUT2D eigenvalue weighted by atomic mass is 10.5. The van der Waals surface area contributed by atoms with Gasteiger partial charge in [0, 0.05) is 7.11 Å². The highest BCUT2D eigenvalue weighted by Crippen LogP contribution is 1.90. The van der Waals surface area contributed by atoms with Crippen LogP contribution in [0.3, 0.4) is 0 Å². The Morgan fingerprint density at radius 1 is 1.73 bits per heavy atom. The summed E-state index contributed by atoms with van der Waals surface area (Å²) in [6.07, 6.45) is 0. The van der Waals surface area contributed by atoms with E-state index in [1.165, 1.54) is 7.11 Å². The summed E-state index contributed by atoms with van der Waals surface area (Å²) in [6, 6.07) is 0. The van der Waals surface area contributed by atoms with Crippen molar-refractivity contribution in [2.24, 2.45) is 5.84 Å². The number of methoxy groups -OCH3 is 1. The smallest absolute Gasteiger partial charge is 0.263 e. The van der Waals surface area contributed by atoms with Gasteiger partial charge >= 0.3 is 0 Å². The molecule has 1 aromatic heterocycles. The van der Waals surface area contributed by atoms with Crippen LogP contribution >= 0.6 is 0 Å². The Hall–Kier alpha value is -1.74. The van der Waals surface area contributed by atoms with Crippen molar-refractivity contribution >= 4 is 11.9 Å². The van der Waals surface area contributed by atoms with E-state index >= 15 is 0 Å². The average Bonchev–Trinajstić information content (AvgIpc) is 2.75. The summed E-state index contributed by atoms with van der Waals surface area (Å²) >= 11 is 0. The standard InChI is InChI=1S/C6H13N7O2/c1-15-3-2-13(7)5(14)4-8-6-9-11-12-10-6/h2-4,7H2,1H3,(H2,8,9,10,11,12). The molecule has 15 heavy (non-hydrogen) atoms. The first-order valence-electron chi connectivity index (χ1n) is 4.25. The molecule has 0 aliphatic rings. The molecule has 1 amide bonds. The van der Waals surface area contributed by atoms with Gasteiger partial charge in [0.15, 0.2) is 0 Å². The van der Waals surface area contributed by atoms with Crippen LogP contribution in [-0.2, 0) is 9.53 Å². The molecule has 0 saturated heterocycles. The topological polar surface area (TPSA) is 122 Å². The molecule has 9 heteroatoms. The van der Waals surface area contributed by atoms with Crippen LogP contribution in [0.15, 0.2) is 0 Å². The van der Waals surface area contributed by atoms with Gasteiger partial charge in [-0.3, -0.25) is 9.80 Å². The van der Waals surface area contributed by atoms with E-state index in [2.05, 4.69) is 25.9 Å². The Bertz CT molecular complexity index is 288. The third-order valence-corrected chi connectivity index (χ3v) is 1.60. The molecule has 9 nitrogen and oxygen atoms in total.